The standard InChI is InChI=1S/C19H17FN2O3/c1-25-12-5-2-4-11(10-12)18-14-7-3-6-13(14)17-16(22(23)24)9-8-15(20)19(17)21-18/h2-6,8-10,13-14,18,21H,7H2,1H3. The van der Waals surface area contributed by atoms with Gasteiger partial charge in [0.2, 0.25) is 0 Å². The fourth-order valence-corrected chi connectivity index (χ4v) is 3.98. The highest BCUT2D eigenvalue weighted by molar-refractivity contribution is 5.68. The number of anilines is 1. The van der Waals surface area contributed by atoms with Gasteiger partial charge in [-0.2, -0.15) is 0 Å². The second-order valence-corrected chi connectivity index (χ2v) is 6.36. The van der Waals surface area contributed by atoms with Crippen LogP contribution in [0.25, 0.3) is 0 Å². The van der Waals surface area contributed by atoms with Crippen LogP contribution < -0.4 is 10.1 Å². The molecule has 25 heavy (non-hydrogen) atoms. The van der Waals surface area contributed by atoms with Gasteiger partial charge in [-0.3, -0.25) is 10.1 Å². The van der Waals surface area contributed by atoms with Gasteiger partial charge >= 0.3 is 0 Å². The van der Waals surface area contributed by atoms with Crippen LogP contribution in [0.1, 0.15) is 29.5 Å². The molecule has 1 aliphatic heterocycles. The Morgan fingerprint density at radius 3 is 2.92 bits per heavy atom. The summed E-state index contributed by atoms with van der Waals surface area (Å²) < 4.78 is 19.8. The fraction of sp³-hybridized carbons (Fsp3) is 0.263. The first-order valence-electron chi connectivity index (χ1n) is 8.14. The van der Waals surface area contributed by atoms with Crippen LogP contribution in [0.3, 0.4) is 0 Å². The summed E-state index contributed by atoms with van der Waals surface area (Å²) in [6.07, 6.45) is 4.77. The Bertz CT molecular complexity index is 881. The van der Waals surface area contributed by atoms with E-state index in [9.17, 15) is 14.5 Å². The largest absolute Gasteiger partial charge is 0.497 e. The molecule has 1 heterocycles. The van der Waals surface area contributed by atoms with E-state index in [1.54, 1.807) is 7.11 Å². The van der Waals surface area contributed by atoms with E-state index < -0.39 is 10.7 Å². The smallest absolute Gasteiger partial charge is 0.275 e. The highest BCUT2D eigenvalue weighted by Gasteiger charge is 2.42. The lowest BCUT2D eigenvalue weighted by Gasteiger charge is -2.37. The summed E-state index contributed by atoms with van der Waals surface area (Å²) >= 11 is 0. The first-order valence-corrected chi connectivity index (χ1v) is 8.14. The minimum Gasteiger partial charge on any atom is -0.497 e. The van der Waals surface area contributed by atoms with Crippen LogP contribution in [0.2, 0.25) is 0 Å². The molecule has 0 radical (unpaired) electrons. The Morgan fingerprint density at radius 1 is 1.32 bits per heavy atom. The molecule has 0 amide bonds. The number of hydrogen-bond donors (Lipinski definition) is 1. The molecular formula is C19H17FN2O3. The molecule has 0 fully saturated rings. The average Bonchev–Trinajstić information content (AvgIpc) is 3.11. The molecule has 2 aliphatic rings. The maximum absolute atomic E-state index is 14.5. The maximum atomic E-state index is 14.5. The molecule has 0 saturated carbocycles. The highest BCUT2D eigenvalue weighted by atomic mass is 19.1. The summed E-state index contributed by atoms with van der Waals surface area (Å²) in [6, 6.07) is 9.92. The van der Waals surface area contributed by atoms with Gasteiger partial charge in [-0.25, -0.2) is 4.39 Å². The summed E-state index contributed by atoms with van der Waals surface area (Å²) in [6.45, 7) is 0. The lowest BCUT2D eigenvalue weighted by atomic mass is 9.76. The number of ether oxygens (including phenoxy) is 1. The van der Waals surface area contributed by atoms with Gasteiger partial charge in [0.25, 0.3) is 5.69 Å². The molecule has 2 aromatic rings. The van der Waals surface area contributed by atoms with Gasteiger partial charge in [0.05, 0.1) is 29.3 Å². The molecule has 2 aromatic carbocycles. The lowest BCUT2D eigenvalue weighted by Crippen LogP contribution is -2.30. The highest BCUT2D eigenvalue weighted by Crippen LogP contribution is 2.53. The van der Waals surface area contributed by atoms with Crippen molar-refractivity contribution in [2.45, 2.75) is 18.4 Å². The van der Waals surface area contributed by atoms with Crippen molar-refractivity contribution < 1.29 is 14.1 Å². The average molecular weight is 340 g/mol. The Labute approximate surface area is 144 Å². The number of halogens is 1. The number of benzene rings is 2. The Kier molecular flexibility index (Phi) is 3.67. The third kappa shape index (κ3) is 2.45. The van der Waals surface area contributed by atoms with Crippen LogP contribution in [0, 0.1) is 21.8 Å². The third-order valence-electron chi connectivity index (χ3n) is 5.10. The summed E-state index contributed by atoms with van der Waals surface area (Å²) in [5.41, 5.74) is 1.63. The van der Waals surface area contributed by atoms with Crippen molar-refractivity contribution in [1.29, 1.82) is 0 Å². The molecule has 4 rings (SSSR count). The van der Waals surface area contributed by atoms with Crippen molar-refractivity contribution in [1.82, 2.24) is 0 Å². The molecule has 0 bridgehead atoms. The van der Waals surface area contributed by atoms with Crippen molar-refractivity contribution in [3.63, 3.8) is 0 Å². The lowest BCUT2D eigenvalue weighted by molar-refractivity contribution is -0.385. The topological polar surface area (TPSA) is 64.4 Å². The fourth-order valence-electron chi connectivity index (χ4n) is 3.98. The van der Waals surface area contributed by atoms with E-state index in [4.69, 9.17) is 4.74 Å². The van der Waals surface area contributed by atoms with Crippen molar-refractivity contribution in [2.24, 2.45) is 5.92 Å². The van der Waals surface area contributed by atoms with E-state index in [-0.39, 0.29) is 29.3 Å². The predicted molar refractivity (Wildman–Crippen MR) is 92.4 cm³/mol. The second kappa shape index (κ2) is 5.88. The number of rotatable bonds is 3. The van der Waals surface area contributed by atoms with Gasteiger partial charge in [-0.15, -0.1) is 0 Å². The molecule has 0 aromatic heterocycles. The number of nitrogens with zero attached hydrogens (tertiary/aromatic N) is 1. The number of fused-ring (bicyclic) bond motifs is 3. The number of nitro benzene ring substituents is 1. The van der Waals surface area contributed by atoms with Gasteiger partial charge < -0.3 is 10.1 Å². The van der Waals surface area contributed by atoms with Crippen LogP contribution in [-0.4, -0.2) is 12.0 Å². The normalized spacial score (nSPS) is 23.5. The second-order valence-electron chi connectivity index (χ2n) is 6.36. The SMILES string of the molecule is COc1cccc(C2Nc3c(F)ccc([N+](=O)[O-])c3C3C=CCC32)c1. The summed E-state index contributed by atoms with van der Waals surface area (Å²) in [5.74, 6) is 0.183. The van der Waals surface area contributed by atoms with Gasteiger partial charge in [-0.1, -0.05) is 24.3 Å². The minimum absolute atomic E-state index is 0.0328. The summed E-state index contributed by atoms with van der Waals surface area (Å²) in [5, 5.41) is 14.6. The number of nitrogens with one attached hydrogen (secondary N) is 1. The van der Waals surface area contributed by atoms with E-state index in [1.165, 1.54) is 6.07 Å². The van der Waals surface area contributed by atoms with Crippen LogP contribution >= 0.6 is 0 Å². The van der Waals surface area contributed by atoms with E-state index in [0.717, 1.165) is 23.8 Å². The van der Waals surface area contributed by atoms with Gasteiger partial charge in [0.15, 0.2) is 0 Å². The quantitative estimate of drug-likeness (QED) is 0.505. The molecule has 5 nitrogen and oxygen atoms in total. The molecule has 0 saturated heterocycles. The van der Waals surface area contributed by atoms with E-state index in [0.29, 0.717) is 5.56 Å². The first kappa shape index (κ1) is 15.6. The predicted octanol–water partition coefficient (Wildman–Crippen LogP) is 4.57. The zero-order chi connectivity index (χ0) is 17.6. The van der Waals surface area contributed by atoms with Gasteiger partial charge in [0.1, 0.15) is 11.6 Å². The van der Waals surface area contributed by atoms with Crippen LogP contribution in [0.15, 0.2) is 48.6 Å². The summed E-state index contributed by atoms with van der Waals surface area (Å²) in [4.78, 5) is 11.0. The van der Waals surface area contributed by atoms with E-state index in [1.807, 2.05) is 36.4 Å². The maximum Gasteiger partial charge on any atom is 0.275 e. The zero-order valence-electron chi connectivity index (χ0n) is 13.6. The molecule has 3 unspecified atom stereocenters. The molecule has 3 atom stereocenters. The number of hydrogen-bond acceptors (Lipinski definition) is 4. The molecule has 0 spiro atoms. The minimum atomic E-state index is -0.466. The first-order chi connectivity index (χ1) is 12.1. The molecule has 1 aliphatic carbocycles. The Balaban J connectivity index is 1.85. The van der Waals surface area contributed by atoms with Crippen LogP contribution in [0.4, 0.5) is 15.8 Å². The van der Waals surface area contributed by atoms with Crippen molar-refractivity contribution in [3.05, 3.63) is 75.6 Å². The van der Waals surface area contributed by atoms with Crippen molar-refractivity contribution in [3.8, 4) is 5.75 Å². The van der Waals surface area contributed by atoms with E-state index in [2.05, 4.69) is 5.32 Å². The third-order valence-corrected chi connectivity index (χ3v) is 5.10. The van der Waals surface area contributed by atoms with Gasteiger partial charge in [-0.05, 0) is 36.1 Å². The number of nitro groups is 1. The van der Waals surface area contributed by atoms with Crippen molar-refractivity contribution in [2.75, 3.05) is 12.4 Å². The molecule has 128 valence electrons. The monoisotopic (exact) mass is 340 g/mol. The van der Waals surface area contributed by atoms with Crippen LogP contribution in [0.5, 0.6) is 5.75 Å². The zero-order valence-corrected chi connectivity index (χ0v) is 13.6. The summed E-state index contributed by atoms with van der Waals surface area (Å²) in [7, 11) is 1.60. The number of methoxy groups -OCH3 is 1. The van der Waals surface area contributed by atoms with Gasteiger partial charge in [0, 0.05) is 12.0 Å². The Morgan fingerprint density at radius 2 is 2.16 bits per heavy atom. The van der Waals surface area contributed by atoms with Crippen LogP contribution in [-0.2, 0) is 0 Å². The molecular weight excluding hydrogens is 323 g/mol. The number of allylic oxidation sites excluding steroid dienone is 2. The van der Waals surface area contributed by atoms with Crippen molar-refractivity contribution >= 4 is 11.4 Å². The molecule has 6 heteroatoms. The molecule has 1 N–H and O–H groups in total. The van der Waals surface area contributed by atoms with E-state index >= 15 is 0 Å². The Hall–Kier alpha value is -2.89.